The third kappa shape index (κ3) is 4.64. The Morgan fingerprint density at radius 3 is 2.43 bits per heavy atom. The third-order valence-corrected chi connectivity index (χ3v) is 5.91. The van der Waals surface area contributed by atoms with Gasteiger partial charge in [-0.2, -0.15) is 17.4 Å². The van der Waals surface area contributed by atoms with E-state index < -0.39 is 16.2 Å². The largest absolute Gasteiger partial charge is 0.480 e. The van der Waals surface area contributed by atoms with E-state index in [1.807, 2.05) is 11.8 Å². The summed E-state index contributed by atoms with van der Waals surface area (Å²) in [6.45, 7) is 3.19. The van der Waals surface area contributed by atoms with Gasteiger partial charge in [-0.1, -0.05) is 6.92 Å². The molecule has 2 saturated carbocycles. The van der Waals surface area contributed by atoms with E-state index in [1.54, 1.807) is 7.05 Å². The molecule has 0 aromatic carbocycles. The molecule has 8 heteroatoms. The maximum absolute atomic E-state index is 12.1. The highest BCUT2D eigenvalue weighted by atomic mass is 32.2. The van der Waals surface area contributed by atoms with Crippen molar-refractivity contribution in [2.24, 2.45) is 5.92 Å². The summed E-state index contributed by atoms with van der Waals surface area (Å²) in [7, 11) is -1.80. The van der Waals surface area contributed by atoms with Gasteiger partial charge in [-0.25, -0.2) is 0 Å². The maximum atomic E-state index is 12.1. The molecule has 0 aliphatic heterocycles. The molecule has 0 unspecified atom stereocenters. The van der Waals surface area contributed by atoms with Gasteiger partial charge in [-0.3, -0.25) is 9.69 Å². The minimum atomic E-state index is -3.41. The Balaban J connectivity index is 1.77. The molecular weight excluding hydrogens is 294 g/mol. The lowest BCUT2D eigenvalue weighted by Gasteiger charge is -2.42. The predicted molar refractivity (Wildman–Crippen MR) is 79.1 cm³/mol. The van der Waals surface area contributed by atoms with Crippen LogP contribution in [0.4, 0.5) is 0 Å². The van der Waals surface area contributed by atoms with E-state index in [2.05, 4.69) is 4.72 Å². The molecule has 0 heterocycles. The van der Waals surface area contributed by atoms with Crippen LogP contribution in [-0.2, 0) is 15.0 Å². The van der Waals surface area contributed by atoms with Crippen LogP contribution in [0.3, 0.4) is 0 Å². The summed E-state index contributed by atoms with van der Waals surface area (Å²) in [6, 6.07) is 0.0806. The van der Waals surface area contributed by atoms with E-state index >= 15 is 0 Å². The number of rotatable bonds is 9. The smallest absolute Gasteiger partial charge is 0.317 e. The fourth-order valence-electron chi connectivity index (χ4n) is 2.72. The summed E-state index contributed by atoms with van der Waals surface area (Å²) in [5.74, 6) is -0.322. The average molecular weight is 319 g/mol. The zero-order chi connectivity index (χ0) is 15.6. The minimum absolute atomic E-state index is 0.0161. The van der Waals surface area contributed by atoms with Crippen molar-refractivity contribution < 1.29 is 18.3 Å². The molecule has 0 bridgehead atoms. The Morgan fingerprint density at radius 2 is 1.95 bits per heavy atom. The first-order valence-corrected chi connectivity index (χ1v) is 8.95. The average Bonchev–Trinajstić information content (AvgIpc) is 3.14. The molecule has 21 heavy (non-hydrogen) atoms. The first-order chi connectivity index (χ1) is 9.81. The third-order valence-electron chi connectivity index (χ3n) is 4.31. The van der Waals surface area contributed by atoms with Gasteiger partial charge in [-0.15, -0.1) is 0 Å². The van der Waals surface area contributed by atoms with Gasteiger partial charge in [-0.05, 0) is 38.1 Å². The molecular formula is C13H25N3O4S. The number of hydrogen-bond donors (Lipinski definition) is 2. The Kier molecular flexibility index (Phi) is 5.24. The number of carbonyl (C=O) groups is 1. The molecule has 0 saturated heterocycles. The van der Waals surface area contributed by atoms with E-state index in [4.69, 9.17) is 5.11 Å². The van der Waals surface area contributed by atoms with Crippen molar-refractivity contribution in [2.45, 2.75) is 44.7 Å². The Morgan fingerprint density at radius 1 is 1.33 bits per heavy atom. The molecule has 122 valence electrons. The van der Waals surface area contributed by atoms with Crippen LogP contribution in [0, 0.1) is 5.92 Å². The number of nitrogens with zero attached hydrogens (tertiary/aromatic N) is 2. The van der Waals surface area contributed by atoms with Gasteiger partial charge < -0.3 is 5.11 Å². The van der Waals surface area contributed by atoms with Crippen molar-refractivity contribution in [2.75, 3.05) is 26.7 Å². The van der Waals surface area contributed by atoms with Crippen LogP contribution in [0.5, 0.6) is 0 Å². The van der Waals surface area contributed by atoms with E-state index in [-0.39, 0.29) is 18.6 Å². The molecule has 0 amide bonds. The molecule has 0 spiro atoms. The van der Waals surface area contributed by atoms with Gasteiger partial charge in [0.1, 0.15) is 0 Å². The number of nitrogens with one attached hydrogen (secondary N) is 1. The van der Waals surface area contributed by atoms with Crippen molar-refractivity contribution in [3.63, 3.8) is 0 Å². The lowest BCUT2D eigenvalue weighted by Crippen LogP contribution is -2.56. The summed E-state index contributed by atoms with van der Waals surface area (Å²) in [4.78, 5) is 12.6. The van der Waals surface area contributed by atoms with Crippen LogP contribution >= 0.6 is 0 Å². The van der Waals surface area contributed by atoms with Crippen LogP contribution in [0.1, 0.15) is 32.6 Å². The van der Waals surface area contributed by atoms with E-state index in [0.29, 0.717) is 31.8 Å². The van der Waals surface area contributed by atoms with Gasteiger partial charge in [0.25, 0.3) is 10.2 Å². The fourth-order valence-corrected chi connectivity index (χ4v) is 3.92. The van der Waals surface area contributed by atoms with E-state index in [0.717, 1.165) is 12.8 Å². The Hall–Kier alpha value is -0.700. The normalized spacial score (nSPS) is 26.1. The Bertz CT molecular complexity index is 472. The zero-order valence-electron chi connectivity index (χ0n) is 12.7. The second-order valence-electron chi connectivity index (χ2n) is 6.13. The first kappa shape index (κ1) is 16.7. The second-order valence-corrected chi connectivity index (χ2v) is 7.93. The predicted octanol–water partition coefficient (Wildman–Crippen LogP) is 0.100. The SMILES string of the molecule is CCN(CC(=O)O)C1CC(NS(=O)(=O)N(C)CC2CC2)C1. The topological polar surface area (TPSA) is 90.0 Å². The molecule has 2 aliphatic carbocycles. The van der Waals surface area contributed by atoms with Crippen molar-refractivity contribution in [3.05, 3.63) is 0 Å². The molecule has 7 nitrogen and oxygen atoms in total. The quantitative estimate of drug-likeness (QED) is 0.629. The summed E-state index contributed by atoms with van der Waals surface area (Å²) < 4.78 is 28.4. The van der Waals surface area contributed by atoms with Gasteiger partial charge in [0.15, 0.2) is 0 Å². The molecule has 2 N–H and O–H groups in total. The summed E-state index contributed by atoms with van der Waals surface area (Å²) >= 11 is 0. The molecule has 2 fully saturated rings. The highest BCUT2D eigenvalue weighted by Crippen LogP contribution is 2.30. The summed E-state index contributed by atoms with van der Waals surface area (Å²) in [5, 5.41) is 8.84. The van der Waals surface area contributed by atoms with Crippen molar-refractivity contribution in [1.29, 1.82) is 0 Å². The highest BCUT2D eigenvalue weighted by Gasteiger charge is 2.37. The lowest BCUT2D eigenvalue weighted by atomic mass is 9.86. The molecule has 0 aromatic heterocycles. The van der Waals surface area contributed by atoms with Gasteiger partial charge in [0.05, 0.1) is 6.54 Å². The first-order valence-electron chi connectivity index (χ1n) is 7.51. The van der Waals surface area contributed by atoms with Gasteiger partial charge in [0.2, 0.25) is 0 Å². The highest BCUT2D eigenvalue weighted by molar-refractivity contribution is 7.87. The monoisotopic (exact) mass is 319 g/mol. The molecule has 0 radical (unpaired) electrons. The lowest BCUT2D eigenvalue weighted by molar-refractivity contribution is -0.139. The van der Waals surface area contributed by atoms with Crippen LogP contribution in [0.2, 0.25) is 0 Å². The molecule has 0 atom stereocenters. The van der Waals surface area contributed by atoms with Crippen molar-refractivity contribution >= 4 is 16.2 Å². The zero-order valence-corrected chi connectivity index (χ0v) is 13.5. The second kappa shape index (κ2) is 6.60. The van der Waals surface area contributed by atoms with E-state index in [1.165, 1.54) is 4.31 Å². The van der Waals surface area contributed by atoms with Crippen molar-refractivity contribution in [1.82, 2.24) is 13.9 Å². The number of carboxylic acid groups (broad SMARTS) is 1. The summed E-state index contributed by atoms with van der Waals surface area (Å²) in [5.41, 5.74) is 0. The van der Waals surface area contributed by atoms with Gasteiger partial charge in [0, 0.05) is 25.7 Å². The molecule has 2 aliphatic rings. The molecule has 2 rings (SSSR count). The number of aliphatic carboxylic acids is 1. The number of carboxylic acids is 1. The number of likely N-dealkylation sites (N-methyl/N-ethyl adjacent to an activating group) is 1. The van der Waals surface area contributed by atoms with Crippen LogP contribution in [0.25, 0.3) is 0 Å². The Labute approximate surface area is 126 Å². The fraction of sp³-hybridized carbons (Fsp3) is 0.923. The molecule has 0 aromatic rings. The standard InChI is InChI=1S/C13H25N3O4S/c1-3-16(9-13(17)18)12-6-11(7-12)14-21(19,20)15(2)8-10-4-5-10/h10-12,14H,3-9H2,1-2H3,(H,17,18). The van der Waals surface area contributed by atoms with Crippen molar-refractivity contribution in [3.8, 4) is 0 Å². The number of hydrogen-bond acceptors (Lipinski definition) is 4. The minimum Gasteiger partial charge on any atom is -0.480 e. The summed E-state index contributed by atoms with van der Waals surface area (Å²) in [6.07, 6.45) is 3.59. The van der Waals surface area contributed by atoms with Crippen LogP contribution in [0.15, 0.2) is 0 Å². The maximum Gasteiger partial charge on any atom is 0.317 e. The van der Waals surface area contributed by atoms with Crippen LogP contribution in [-0.4, -0.2) is 67.5 Å². The van der Waals surface area contributed by atoms with Gasteiger partial charge >= 0.3 is 5.97 Å². The van der Waals surface area contributed by atoms with Crippen LogP contribution < -0.4 is 4.72 Å². The van der Waals surface area contributed by atoms with E-state index in [9.17, 15) is 13.2 Å².